The number of nitrogen functional groups attached to an aromatic ring is 1. The van der Waals surface area contributed by atoms with E-state index in [0.29, 0.717) is 21.1 Å². The molecule has 1 heterocycles. The number of ether oxygens (including phenoxy) is 1. The van der Waals surface area contributed by atoms with Gasteiger partial charge < -0.3 is 10.5 Å². The van der Waals surface area contributed by atoms with E-state index < -0.39 is 11.6 Å². The number of nitrogens with zero attached hydrogens (tertiary/aromatic N) is 1. The maximum absolute atomic E-state index is 13.7. The molecule has 0 bridgehead atoms. The van der Waals surface area contributed by atoms with Gasteiger partial charge in [-0.2, -0.15) is 4.39 Å². The van der Waals surface area contributed by atoms with Gasteiger partial charge in [0.15, 0.2) is 17.3 Å². The van der Waals surface area contributed by atoms with E-state index >= 15 is 0 Å². The fourth-order valence-corrected chi connectivity index (χ4v) is 2.38. The van der Waals surface area contributed by atoms with E-state index in [1.54, 1.807) is 30.5 Å². The zero-order chi connectivity index (χ0) is 15.0. The van der Waals surface area contributed by atoms with Crippen molar-refractivity contribution in [1.82, 2.24) is 4.98 Å². The first-order valence-corrected chi connectivity index (χ1v) is 6.81. The second-order valence-electron chi connectivity index (χ2n) is 4.35. The summed E-state index contributed by atoms with van der Waals surface area (Å²) in [6.07, 6.45) is 1.64. The average molecular weight is 351 g/mol. The molecule has 0 fully saturated rings. The van der Waals surface area contributed by atoms with Gasteiger partial charge in [0.05, 0.1) is 11.2 Å². The molecule has 3 rings (SSSR count). The van der Waals surface area contributed by atoms with Gasteiger partial charge in [0.2, 0.25) is 5.82 Å². The highest BCUT2D eigenvalue weighted by Crippen LogP contribution is 2.35. The van der Waals surface area contributed by atoms with Crippen molar-refractivity contribution in [2.75, 3.05) is 5.73 Å². The number of rotatable bonds is 2. The highest BCUT2D eigenvalue weighted by Gasteiger charge is 2.14. The summed E-state index contributed by atoms with van der Waals surface area (Å²) >= 11 is 3.09. The molecule has 0 aliphatic rings. The molecule has 0 amide bonds. The normalized spacial score (nSPS) is 10.8. The summed E-state index contributed by atoms with van der Waals surface area (Å²) in [7, 11) is 0. The van der Waals surface area contributed by atoms with Crippen molar-refractivity contribution in [3.05, 3.63) is 58.7 Å². The Hall–Kier alpha value is -2.21. The molecule has 0 aliphatic carbocycles. The van der Waals surface area contributed by atoms with Crippen LogP contribution in [0.25, 0.3) is 10.9 Å². The molecule has 21 heavy (non-hydrogen) atoms. The third kappa shape index (κ3) is 2.54. The lowest BCUT2D eigenvalue weighted by atomic mass is 10.1. The molecule has 1 aromatic heterocycles. The van der Waals surface area contributed by atoms with Crippen LogP contribution < -0.4 is 10.5 Å². The maximum atomic E-state index is 13.7. The second-order valence-corrected chi connectivity index (χ2v) is 5.26. The van der Waals surface area contributed by atoms with E-state index in [-0.39, 0.29) is 11.5 Å². The number of benzene rings is 2. The zero-order valence-corrected chi connectivity index (χ0v) is 12.2. The first-order valence-electron chi connectivity index (χ1n) is 6.02. The zero-order valence-electron chi connectivity index (χ0n) is 10.6. The Morgan fingerprint density at radius 2 is 1.90 bits per heavy atom. The van der Waals surface area contributed by atoms with E-state index in [2.05, 4.69) is 20.9 Å². The molecule has 0 saturated heterocycles. The lowest BCUT2D eigenvalue weighted by molar-refractivity contribution is 0.417. The Morgan fingerprint density at radius 1 is 1.10 bits per heavy atom. The van der Waals surface area contributed by atoms with Crippen LogP contribution in [0.2, 0.25) is 0 Å². The second kappa shape index (κ2) is 5.29. The molecule has 106 valence electrons. The van der Waals surface area contributed by atoms with Gasteiger partial charge in [0, 0.05) is 16.1 Å². The predicted octanol–water partition coefficient (Wildman–Crippen LogP) is 4.65. The molecule has 0 aliphatic heterocycles. The SMILES string of the molecule is Nc1c(Oc2cc(Br)cc(F)c2F)ccc2ncccc12. The van der Waals surface area contributed by atoms with Crippen LogP contribution in [0, 0.1) is 11.6 Å². The number of anilines is 1. The Morgan fingerprint density at radius 3 is 2.71 bits per heavy atom. The van der Waals surface area contributed by atoms with Crippen LogP contribution in [-0.4, -0.2) is 4.98 Å². The number of halogens is 3. The Kier molecular flexibility index (Phi) is 3.47. The quantitative estimate of drug-likeness (QED) is 0.540. The number of hydrogen-bond acceptors (Lipinski definition) is 3. The van der Waals surface area contributed by atoms with Gasteiger partial charge in [-0.05, 0) is 36.4 Å². The van der Waals surface area contributed by atoms with Crippen molar-refractivity contribution in [2.45, 2.75) is 0 Å². The minimum Gasteiger partial charge on any atom is -0.452 e. The average Bonchev–Trinajstić information content (AvgIpc) is 2.47. The minimum atomic E-state index is -1.07. The topological polar surface area (TPSA) is 48.1 Å². The molecule has 3 aromatic rings. The maximum Gasteiger partial charge on any atom is 0.201 e. The lowest BCUT2D eigenvalue weighted by Crippen LogP contribution is -1.97. The standard InChI is InChI=1S/C15H9BrF2N2O/c16-8-6-10(17)14(18)13(7-8)21-12-4-3-11-9(15(12)19)2-1-5-20-11/h1-7H,19H2. The predicted molar refractivity (Wildman–Crippen MR) is 80.3 cm³/mol. The third-order valence-electron chi connectivity index (χ3n) is 2.97. The first kappa shape index (κ1) is 13.8. The molecule has 2 aromatic carbocycles. The number of aromatic nitrogens is 1. The molecule has 0 unspecified atom stereocenters. The molecule has 0 atom stereocenters. The van der Waals surface area contributed by atoms with Crippen LogP contribution in [0.4, 0.5) is 14.5 Å². The monoisotopic (exact) mass is 350 g/mol. The largest absolute Gasteiger partial charge is 0.452 e. The summed E-state index contributed by atoms with van der Waals surface area (Å²) in [5.41, 5.74) is 7.02. The first-order chi connectivity index (χ1) is 10.1. The fourth-order valence-electron chi connectivity index (χ4n) is 1.97. The number of nitrogens with two attached hydrogens (primary N) is 1. The van der Waals surface area contributed by atoms with Crippen LogP contribution >= 0.6 is 15.9 Å². The third-order valence-corrected chi connectivity index (χ3v) is 3.42. The Bertz CT molecular complexity index is 839. The summed E-state index contributed by atoms with van der Waals surface area (Å²) in [6.45, 7) is 0. The van der Waals surface area contributed by atoms with Crippen molar-refractivity contribution in [2.24, 2.45) is 0 Å². The van der Waals surface area contributed by atoms with E-state index in [1.165, 1.54) is 6.07 Å². The van der Waals surface area contributed by atoms with Crippen LogP contribution in [0.5, 0.6) is 11.5 Å². The fraction of sp³-hybridized carbons (Fsp3) is 0. The molecule has 3 nitrogen and oxygen atoms in total. The summed E-state index contributed by atoms with van der Waals surface area (Å²) in [5, 5.41) is 0.686. The van der Waals surface area contributed by atoms with Gasteiger partial charge in [-0.15, -0.1) is 0 Å². The minimum absolute atomic E-state index is 0.239. The Balaban J connectivity index is 2.08. The van der Waals surface area contributed by atoms with Crippen LogP contribution in [-0.2, 0) is 0 Å². The number of hydrogen-bond donors (Lipinski definition) is 1. The van der Waals surface area contributed by atoms with Gasteiger partial charge >= 0.3 is 0 Å². The molecular weight excluding hydrogens is 342 g/mol. The molecule has 0 radical (unpaired) electrons. The van der Waals surface area contributed by atoms with E-state index in [4.69, 9.17) is 10.5 Å². The lowest BCUT2D eigenvalue weighted by Gasteiger charge is -2.11. The van der Waals surface area contributed by atoms with Crippen LogP contribution in [0.1, 0.15) is 0 Å². The van der Waals surface area contributed by atoms with Crippen molar-refractivity contribution in [1.29, 1.82) is 0 Å². The van der Waals surface area contributed by atoms with Crippen LogP contribution in [0.15, 0.2) is 47.1 Å². The van der Waals surface area contributed by atoms with Gasteiger partial charge in [0.25, 0.3) is 0 Å². The number of pyridine rings is 1. The number of fused-ring (bicyclic) bond motifs is 1. The summed E-state index contributed by atoms with van der Waals surface area (Å²) in [5.74, 6) is -2.06. The van der Waals surface area contributed by atoms with Crippen molar-refractivity contribution in [3.8, 4) is 11.5 Å². The van der Waals surface area contributed by atoms with Crippen molar-refractivity contribution in [3.63, 3.8) is 0 Å². The highest BCUT2D eigenvalue weighted by atomic mass is 79.9. The van der Waals surface area contributed by atoms with E-state index in [9.17, 15) is 8.78 Å². The molecule has 0 spiro atoms. The smallest absolute Gasteiger partial charge is 0.201 e. The highest BCUT2D eigenvalue weighted by molar-refractivity contribution is 9.10. The molecular formula is C15H9BrF2N2O. The van der Waals surface area contributed by atoms with Gasteiger partial charge in [0.1, 0.15) is 0 Å². The van der Waals surface area contributed by atoms with E-state index in [1.807, 2.05) is 0 Å². The van der Waals surface area contributed by atoms with Gasteiger partial charge in [-0.3, -0.25) is 4.98 Å². The van der Waals surface area contributed by atoms with Crippen molar-refractivity contribution >= 4 is 32.5 Å². The molecule has 2 N–H and O–H groups in total. The van der Waals surface area contributed by atoms with Gasteiger partial charge in [-0.1, -0.05) is 15.9 Å². The van der Waals surface area contributed by atoms with Crippen LogP contribution in [0.3, 0.4) is 0 Å². The van der Waals surface area contributed by atoms with Gasteiger partial charge in [-0.25, -0.2) is 4.39 Å². The molecule has 0 saturated carbocycles. The van der Waals surface area contributed by atoms with Crippen molar-refractivity contribution < 1.29 is 13.5 Å². The molecule has 6 heteroatoms. The Labute approximate surface area is 127 Å². The summed E-state index contributed by atoms with van der Waals surface area (Å²) < 4.78 is 32.9. The summed E-state index contributed by atoms with van der Waals surface area (Å²) in [6, 6.07) is 9.15. The van der Waals surface area contributed by atoms with E-state index in [0.717, 1.165) is 6.07 Å². The summed E-state index contributed by atoms with van der Waals surface area (Å²) in [4.78, 5) is 4.16.